The first-order chi connectivity index (χ1) is 9.38. The normalized spacial score (nSPS) is 17.6. The fraction of sp³-hybridized carbons (Fsp3) is 0.412. The Morgan fingerprint density at radius 2 is 2.00 bits per heavy atom. The molecule has 1 aromatic heterocycles. The quantitative estimate of drug-likeness (QED) is 0.648. The zero-order chi connectivity index (χ0) is 14.5. The van der Waals surface area contributed by atoms with Gasteiger partial charge in [0.15, 0.2) is 0 Å². The van der Waals surface area contributed by atoms with Crippen LogP contribution in [-0.4, -0.2) is 6.61 Å². The number of fused-ring (bicyclic) bond motifs is 1. The molecule has 1 aliphatic heterocycles. The summed E-state index contributed by atoms with van der Waals surface area (Å²) in [6.07, 6.45) is 0. The minimum Gasteiger partial charge on any atom is -0.492 e. The highest BCUT2D eigenvalue weighted by molar-refractivity contribution is 9.09. The van der Waals surface area contributed by atoms with Crippen LogP contribution in [-0.2, 0) is 5.41 Å². The zero-order valence-electron chi connectivity index (χ0n) is 12.3. The van der Waals surface area contributed by atoms with Gasteiger partial charge in [0.25, 0.3) is 0 Å². The van der Waals surface area contributed by atoms with Crippen molar-refractivity contribution in [3.63, 3.8) is 0 Å². The molecule has 1 nitrogen and oxygen atoms in total. The van der Waals surface area contributed by atoms with Gasteiger partial charge in [-0.1, -0.05) is 35.8 Å². The Bertz CT molecular complexity index is 638. The Balaban J connectivity index is 1.99. The third kappa shape index (κ3) is 2.31. The minimum absolute atomic E-state index is 0.110. The Kier molecular flexibility index (Phi) is 3.46. The third-order valence-electron chi connectivity index (χ3n) is 4.05. The molecule has 0 saturated heterocycles. The second-order valence-corrected chi connectivity index (χ2v) is 8.38. The second-order valence-electron chi connectivity index (χ2n) is 6.18. The SMILES string of the molecule is Cc1cc(C(Br)c2ccc3c(c2)C(C)(C)CO3)sc1C. The average molecular weight is 351 g/mol. The molecular formula is C17H19BrOS. The highest BCUT2D eigenvalue weighted by Gasteiger charge is 2.32. The monoisotopic (exact) mass is 350 g/mol. The molecule has 0 bridgehead atoms. The van der Waals surface area contributed by atoms with Crippen LogP contribution in [0.15, 0.2) is 24.3 Å². The molecule has 106 valence electrons. The third-order valence-corrected chi connectivity index (χ3v) is 6.59. The Morgan fingerprint density at radius 3 is 2.65 bits per heavy atom. The van der Waals surface area contributed by atoms with E-state index in [9.17, 15) is 0 Å². The topological polar surface area (TPSA) is 9.23 Å². The van der Waals surface area contributed by atoms with Gasteiger partial charge in [0.2, 0.25) is 0 Å². The highest BCUT2D eigenvalue weighted by Crippen LogP contribution is 2.43. The summed E-state index contributed by atoms with van der Waals surface area (Å²) in [7, 11) is 0. The van der Waals surface area contributed by atoms with E-state index in [2.05, 4.69) is 67.9 Å². The molecule has 20 heavy (non-hydrogen) atoms. The molecule has 0 amide bonds. The molecule has 3 heteroatoms. The van der Waals surface area contributed by atoms with Gasteiger partial charge in [0.1, 0.15) is 5.75 Å². The molecule has 2 aromatic rings. The van der Waals surface area contributed by atoms with Crippen LogP contribution in [0.1, 0.15) is 45.1 Å². The fourth-order valence-corrected chi connectivity index (χ4v) is 4.33. The van der Waals surface area contributed by atoms with Gasteiger partial charge in [-0.05, 0) is 43.2 Å². The summed E-state index contributed by atoms with van der Waals surface area (Å²) in [5, 5.41) is 0. The zero-order valence-corrected chi connectivity index (χ0v) is 14.7. The van der Waals surface area contributed by atoms with Crippen LogP contribution in [0.5, 0.6) is 5.75 Å². The minimum atomic E-state index is 0.110. The van der Waals surface area contributed by atoms with Crippen molar-refractivity contribution in [3.8, 4) is 5.75 Å². The second kappa shape index (κ2) is 4.88. The van der Waals surface area contributed by atoms with Crippen LogP contribution in [0, 0.1) is 13.8 Å². The molecule has 0 saturated carbocycles. The summed E-state index contributed by atoms with van der Waals surface area (Å²) in [5.74, 6) is 1.04. The number of ether oxygens (including phenoxy) is 1. The standard InChI is InChI=1S/C17H19BrOS/c1-10-7-15(20-11(10)2)16(18)12-5-6-14-13(8-12)17(3,4)9-19-14/h5-8,16H,9H2,1-4H3. The van der Waals surface area contributed by atoms with Crippen molar-refractivity contribution in [1.29, 1.82) is 0 Å². The predicted octanol–water partition coefficient (Wildman–Crippen LogP) is 5.52. The van der Waals surface area contributed by atoms with Crippen molar-refractivity contribution in [2.24, 2.45) is 0 Å². The number of aryl methyl sites for hydroxylation is 2. The highest BCUT2D eigenvalue weighted by atomic mass is 79.9. The van der Waals surface area contributed by atoms with Crippen molar-refractivity contribution in [2.45, 2.75) is 37.9 Å². The van der Waals surface area contributed by atoms with E-state index in [1.54, 1.807) is 0 Å². The fourth-order valence-electron chi connectivity index (χ4n) is 2.59. The molecule has 1 atom stereocenters. The molecule has 0 aliphatic carbocycles. The Labute approximate surface area is 133 Å². The molecule has 1 aromatic carbocycles. The number of alkyl halides is 1. The van der Waals surface area contributed by atoms with Crippen LogP contribution in [0.4, 0.5) is 0 Å². The van der Waals surface area contributed by atoms with Crippen molar-refractivity contribution in [3.05, 3.63) is 50.7 Å². The number of hydrogen-bond donors (Lipinski definition) is 0. The van der Waals surface area contributed by atoms with Gasteiger partial charge in [-0.3, -0.25) is 0 Å². The lowest BCUT2D eigenvalue weighted by Crippen LogP contribution is -2.18. The van der Waals surface area contributed by atoms with Crippen molar-refractivity contribution < 1.29 is 4.74 Å². The van der Waals surface area contributed by atoms with Crippen LogP contribution >= 0.6 is 27.3 Å². The molecular weight excluding hydrogens is 332 g/mol. The summed E-state index contributed by atoms with van der Waals surface area (Å²) in [5.41, 5.74) is 4.12. The first-order valence-electron chi connectivity index (χ1n) is 6.87. The van der Waals surface area contributed by atoms with Crippen molar-refractivity contribution in [1.82, 2.24) is 0 Å². The summed E-state index contributed by atoms with van der Waals surface area (Å²) in [6.45, 7) is 9.62. The van der Waals surface area contributed by atoms with Gasteiger partial charge in [-0.2, -0.15) is 0 Å². The lowest BCUT2D eigenvalue weighted by atomic mass is 9.86. The van der Waals surface area contributed by atoms with Crippen LogP contribution in [0.3, 0.4) is 0 Å². The van der Waals surface area contributed by atoms with E-state index in [0.717, 1.165) is 12.4 Å². The van der Waals surface area contributed by atoms with Gasteiger partial charge in [0.05, 0.1) is 11.4 Å². The lowest BCUT2D eigenvalue weighted by Gasteiger charge is -2.17. The van der Waals surface area contributed by atoms with E-state index in [4.69, 9.17) is 4.74 Å². The largest absolute Gasteiger partial charge is 0.492 e. The van der Waals surface area contributed by atoms with E-state index in [0.29, 0.717) is 0 Å². The van der Waals surface area contributed by atoms with Crippen molar-refractivity contribution >= 4 is 27.3 Å². The van der Waals surface area contributed by atoms with E-state index in [-0.39, 0.29) is 10.2 Å². The molecule has 1 aliphatic rings. The maximum atomic E-state index is 5.76. The smallest absolute Gasteiger partial charge is 0.123 e. The molecule has 3 rings (SSSR count). The van der Waals surface area contributed by atoms with Crippen LogP contribution in [0.25, 0.3) is 0 Å². The number of rotatable bonds is 2. The van der Waals surface area contributed by atoms with Crippen LogP contribution < -0.4 is 4.74 Å². The van der Waals surface area contributed by atoms with Crippen LogP contribution in [0.2, 0.25) is 0 Å². The van der Waals surface area contributed by atoms with Gasteiger partial charge >= 0.3 is 0 Å². The number of halogens is 1. The number of thiophene rings is 1. The Hall–Kier alpha value is -0.800. The van der Waals surface area contributed by atoms with E-state index in [1.165, 1.54) is 26.4 Å². The van der Waals surface area contributed by atoms with Gasteiger partial charge in [0, 0.05) is 20.7 Å². The summed E-state index contributed by atoms with van der Waals surface area (Å²) in [4.78, 5) is 3.03. The summed E-state index contributed by atoms with van der Waals surface area (Å²) < 4.78 is 5.76. The van der Waals surface area contributed by atoms with E-state index in [1.807, 2.05) is 11.3 Å². The first-order valence-corrected chi connectivity index (χ1v) is 8.60. The van der Waals surface area contributed by atoms with Gasteiger partial charge in [-0.15, -0.1) is 11.3 Å². The number of benzene rings is 1. The molecule has 1 unspecified atom stereocenters. The molecule has 0 radical (unpaired) electrons. The maximum Gasteiger partial charge on any atom is 0.123 e. The molecule has 0 N–H and O–H groups in total. The van der Waals surface area contributed by atoms with E-state index < -0.39 is 0 Å². The maximum absolute atomic E-state index is 5.76. The summed E-state index contributed by atoms with van der Waals surface area (Å²) >= 11 is 5.73. The number of hydrogen-bond acceptors (Lipinski definition) is 2. The Morgan fingerprint density at radius 1 is 1.25 bits per heavy atom. The van der Waals surface area contributed by atoms with E-state index >= 15 is 0 Å². The van der Waals surface area contributed by atoms with Gasteiger partial charge in [-0.25, -0.2) is 0 Å². The predicted molar refractivity (Wildman–Crippen MR) is 89.5 cm³/mol. The molecule has 2 heterocycles. The molecule has 0 spiro atoms. The average Bonchev–Trinajstić information content (AvgIpc) is 2.90. The molecule has 0 fully saturated rings. The van der Waals surface area contributed by atoms with Crippen molar-refractivity contribution in [2.75, 3.05) is 6.61 Å². The first kappa shape index (κ1) is 14.2. The van der Waals surface area contributed by atoms with Gasteiger partial charge < -0.3 is 4.74 Å². The summed E-state index contributed by atoms with van der Waals surface area (Å²) in [6, 6.07) is 8.87. The lowest BCUT2D eigenvalue weighted by molar-refractivity contribution is 0.291.